The lowest BCUT2D eigenvalue weighted by molar-refractivity contribution is 0.0903. The largest absolute Gasteiger partial charge is 0.396 e. The Hall–Kier alpha value is -3.69. The van der Waals surface area contributed by atoms with Gasteiger partial charge in [-0.2, -0.15) is 5.26 Å². The van der Waals surface area contributed by atoms with E-state index in [1.807, 2.05) is 60.9 Å². The average Bonchev–Trinajstić information content (AvgIpc) is 3.15. The monoisotopic (exact) mass is 412 g/mol. The highest BCUT2D eigenvalue weighted by Gasteiger charge is 2.21. The molecule has 1 amide bonds. The molecule has 0 saturated carbocycles. The van der Waals surface area contributed by atoms with Crippen LogP contribution in [0.5, 0.6) is 0 Å². The molecular formula is C25H24N4O2. The number of aliphatic hydroxyl groups is 1. The fourth-order valence-electron chi connectivity index (χ4n) is 3.63. The van der Waals surface area contributed by atoms with E-state index in [1.54, 1.807) is 18.3 Å². The molecular weight excluding hydrogens is 388 g/mol. The number of nitrogens with zero attached hydrogens (tertiary/aromatic N) is 3. The van der Waals surface area contributed by atoms with E-state index in [1.165, 1.54) is 0 Å². The molecule has 0 aliphatic heterocycles. The topological polar surface area (TPSA) is 90.9 Å². The van der Waals surface area contributed by atoms with Gasteiger partial charge in [0, 0.05) is 41.1 Å². The summed E-state index contributed by atoms with van der Waals surface area (Å²) in [6.45, 7) is 4.58. The van der Waals surface area contributed by atoms with Crippen LogP contribution < -0.4 is 5.32 Å². The van der Waals surface area contributed by atoms with Gasteiger partial charge in [0.1, 0.15) is 5.69 Å². The van der Waals surface area contributed by atoms with E-state index in [0.717, 1.165) is 27.4 Å². The summed E-state index contributed by atoms with van der Waals surface area (Å²) in [5, 5.41) is 23.6. The van der Waals surface area contributed by atoms with Crippen molar-refractivity contribution in [3.05, 3.63) is 77.6 Å². The molecule has 0 aliphatic carbocycles. The van der Waals surface area contributed by atoms with Crippen molar-refractivity contribution >= 4 is 27.7 Å². The molecule has 0 fully saturated rings. The van der Waals surface area contributed by atoms with Gasteiger partial charge in [0.25, 0.3) is 5.91 Å². The smallest absolute Gasteiger partial charge is 0.267 e. The second kappa shape index (κ2) is 8.21. The normalized spacial score (nSPS) is 11.5. The zero-order chi connectivity index (χ0) is 22.0. The van der Waals surface area contributed by atoms with Gasteiger partial charge in [-0.3, -0.25) is 9.78 Å². The summed E-state index contributed by atoms with van der Waals surface area (Å²) in [6.07, 6.45) is 1.77. The summed E-state index contributed by atoms with van der Waals surface area (Å²) in [5.74, 6) is -0.218. The molecule has 0 bridgehead atoms. The fourth-order valence-corrected chi connectivity index (χ4v) is 3.63. The highest BCUT2D eigenvalue weighted by Crippen LogP contribution is 2.25. The Labute approximate surface area is 180 Å². The first-order valence-corrected chi connectivity index (χ1v) is 10.2. The minimum Gasteiger partial charge on any atom is -0.396 e. The third kappa shape index (κ3) is 4.14. The highest BCUT2D eigenvalue weighted by molar-refractivity contribution is 5.99. The molecule has 4 rings (SSSR count). The summed E-state index contributed by atoms with van der Waals surface area (Å²) in [6, 6.07) is 19.3. The SMILES string of the molecule is CC(C)(CO)CNC(=O)c1cc2cc(C#N)ccc2n1Cc1cccc2cccnc12. The molecule has 0 radical (unpaired) electrons. The summed E-state index contributed by atoms with van der Waals surface area (Å²) in [7, 11) is 0. The van der Waals surface area contributed by atoms with Crippen molar-refractivity contribution in [3.8, 4) is 6.07 Å². The Morgan fingerprint density at radius 2 is 1.97 bits per heavy atom. The number of aliphatic hydroxyl groups excluding tert-OH is 1. The number of amides is 1. The van der Waals surface area contributed by atoms with Gasteiger partial charge in [-0.05, 0) is 35.9 Å². The lowest BCUT2D eigenvalue weighted by atomic mass is 9.95. The van der Waals surface area contributed by atoms with Crippen molar-refractivity contribution in [2.75, 3.05) is 13.2 Å². The van der Waals surface area contributed by atoms with Crippen molar-refractivity contribution in [1.82, 2.24) is 14.9 Å². The molecule has 2 heterocycles. The number of para-hydroxylation sites is 1. The number of nitrogens with one attached hydrogen (secondary N) is 1. The van der Waals surface area contributed by atoms with Crippen LogP contribution in [-0.2, 0) is 6.54 Å². The van der Waals surface area contributed by atoms with Crippen LogP contribution in [0.4, 0.5) is 0 Å². The number of carbonyl (C=O) groups excluding carboxylic acids is 1. The maximum Gasteiger partial charge on any atom is 0.267 e. The molecule has 4 aromatic rings. The van der Waals surface area contributed by atoms with E-state index in [4.69, 9.17) is 0 Å². The second-order valence-electron chi connectivity index (χ2n) is 8.50. The molecule has 0 saturated heterocycles. The van der Waals surface area contributed by atoms with Crippen LogP contribution in [0.3, 0.4) is 0 Å². The van der Waals surface area contributed by atoms with E-state index >= 15 is 0 Å². The predicted octanol–water partition coefficient (Wildman–Crippen LogP) is 3.86. The van der Waals surface area contributed by atoms with Crippen LogP contribution in [0.25, 0.3) is 21.8 Å². The number of carbonyl (C=O) groups is 1. The molecule has 2 N–H and O–H groups in total. The third-order valence-electron chi connectivity index (χ3n) is 5.46. The quantitative estimate of drug-likeness (QED) is 0.503. The van der Waals surface area contributed by atoms with Crippen molar-refractivity contribution in [1.29, 1.82) is 5.26 Å². The Bertz CT molecular complexity index is 1310. The van der Waals surface area contributed by atoms with Gasteiger partial charge in [0.2, 0.25) is 0 Å². The molecule has 156 valence electrons. The molecule has 0 atom stereocenters. The molecule has 2 aromatic carbocycles. The maximum atomic E-state index is 13.1. The van der Waals surface area contributed by atoms with Crippen molar-refractivity contribution in [2.45, 2.75) is 20.4 Å². The zero-order valence-corrected chi connectivity index (χ0v) is 17.6. The van der Waals surface area contributed by atoms with Crippen LogP contribution in [-0.4, -0.2) is 33.7 Å². The number of fused-ring (bicyclic) bond motifs is 2. The summed E-state index contributed by atoms with van der Waals surface area (Å²) in [5.41, 5.74) is 3.41. The number of pyridine rings is 1. The Kier molecular flexibility index (Phi) is 5.45. The number of benzene rings is 2. The zero-order valence-electron chi connectivity index (χ0n) is 17.6. The van der Waals surface area contributed by atoms with Gasteiger partial charge >= 0.3 is 0 Å². The molecule has 6 nitrogen and oxygen atoms in total. The van der Waals surface area contributed by atoms with Crippen molar-refractivity contribution in [2.24, 2.45) is 5.41 Å². The number of hydrogen-bond donors (Lipinski definition) is 2. The van der Waals surface area contributed by atoms with Crippen LogP contribution >= 0.6 is 0 Å². The Balaban J connectivity index is 1.79. The van der Waals surface area contributed by atoms with Crippen LogP contribution in [0.1, 0.15) is 35.5 Å². The van der Waals surface area contributed by atoms with Crippen LogP contribution in [0, 0.1) is 16.7 Å². The molecule has 0 aliphatic rings. The van der Waals surface area contributed by atoms with Gasteiger partial charge in [-0.25, -0.2) is 0 Å². The first kappa shape index (κ1) is 20.6. The van der Waals surface area contributed by atoms with Gasteiger partial charge in [-0.15, -0.1) is 0 Å². The number of hydrogen-bond acceptors (Lipinski definition) is 4. The molecule has 0 unspecified atom stereocenters. The second-order valence-corrected chi connectivity index (χ2v) is 8.50. The van der Waals surface area contributed by atoms with E-state index in [-0.39, 0.29) is 12.5 Å². The molecule has 31 heavy (non-hydrogen) atoms. The van der Waals surface area contributed by atoms with E-state index in [2.05, 4.69) is 16.4 Å². The standard InChI is InChI=1S/C25H24N4O2/c1-25(2,16-30)15-28-24(31)22-12-20-11-17(13-26)8-9-21(20)29(22)14-19-6-3-5-18-7-4-10-27-23(18)19/h3-12,30H,14-16H2,1-2H3,(H,28,31). The maximum absolute atomic E-state index is 13.1. The summed E-state index contributed by atoms with van der Waals surface area (Å²) in [4.78, 5) is 17.7. The predicted molar refractivity (Wildman–Crippen MR) is 121 cm³/mol. The van der Waals surface area contributed by atoms with Crippen LogP contribution in [0.15, 0.2) is 60.8 Å². The third-order valence-corrected chi connectivity index (χ3v) is 5.46. The van der Waals surface area contributed by atoms with E-state index in [0.29, 0.717) is 24.3 Å². The van der Waals surface area contributed by atoms with Gasteiger partial charge in [0.05, 0.1) is 23.7 Å². The molecule has 6 heteroatoms. The van der Waals surface area contributed by atoms with E-state index < -0.39 is 5.41 Å². The first-order valence-electron chi connectivity index (χ1n) is 10.2. The van der Waals surface area contributed by atoms with Gasteiger partial charge < -0.3 is 15.0 Å². The Morgan fingerprint density at radius 3 is 2.74 bits per heavy atom. The lowest BCUT2D eigenvalue weighted by Gasteiger charge is -2.22. The van der Waals surface area contributed by atoms with Gasteiger partial charge in [0.15, 0.2) is 0 Å². The fraction of sp³-hybridized carbons (Fsp3) is 0.240. The minimum atomic E-state index is -0.417. The molecule has 0 spiro atoms. The summed E-state index contributed by atoms with van der Waals surface area (Å²) >= 11 is 0. The van der Waals surface area contributed by atoms with Crippen molar-refractivity contribution in [3.63, 3.8) is 0 Å². The lowest BCUT2D eigenvalue weighted by Crippen LogP contribution is -2.36. The number of nitriles is 1. The van der Waals surface area contributed by atoms with Crippen LogP contribution in [0.2, 0.25) is 0 Å². The minimum absolute atomic E-state index is 0.0243. The van der Waals surface area contributed by atoms with Crippen molar-refractivity contribution < 1.29 is 9.90 Å². The number of aromatic nitrogens is 2. The Morgan fingerprint density at radius 1 is 1.16 bits per heavy atom. The van der Waals surface area contributed by atoms with Gasteiger partial charge in [-0.1, -0.05) is 38.1 Å². The highest BCUT2D eigenvalue weighted by atomic mass is 16.3. The van der Waals surface area contributed by atoms with E-state index in [9.17, 15) is 15.2 Å². The number of rotatable bonds is 6. The summed E-state index contributed by atoms with van der Waals surface area (Å²) < 4.78 is 1.96. The first-order chi connectivity index (χ1) is 14.9. The average molecular weight is 412 g/mol. The molecule has 2 aromatic heterocycles.